The predicted octanol–water partition coefficient (Wildman–Crippen LogP) is 1.92. The molecule has 0 saturated heterocycles. The van der Waals surface area contributed by atoms with E-state index in [9.17, 15) is 18.0 Å². The molecular formula is C17H23NO5S. The molecule has 2 N–H and O–H groups in total. The highest BCUT2D eigenvalue weighted by Gasteiger charge is 2.40. The van der Waals surface area contributed by atoms with Crippen LogP contribution in [0.25, 0.3) is 0 Å². The van der Waals surface area contributed by atoms with Gasteiger partial charge in [-0.25, -0.2) is 8.42 Å². The SMILES string of the molecule is CC(C)S(=O)(=O)c1ccc(CC(=O)NC2(CC(=O)O)CCC2)cc1. The molecule has 2 rings (SSSR count). The maximum Gasteiger partial charge on any atom is 0.305 e. The first kappa shape index (κ1) is 18.4. The number of carbonyl (C=O) groups excluding carboxylic acids is 1. The standard InChI is InChI=1S/C17H23NO5S/c1-12(2)24(22,23)14-6-4-13(5-7-14)10-15(19)18-17(8-3-9-17)11-16(20)21/h4-7,12H,3,8-11H2,1-2H3,(H,18,19)(H,20,21). The maximum atomic E-state index is 12.2. The summed E-state index contributed by atoms with van der Waals surface area (Å²) in [6.45, 7) is 3.24. The number of amides is 1. The first-order valence-corrected chi connectivity index (χ1v) is 9.55. The third-order valence-electron chi connectivity index (χ3n) is 4.44. The van der Waals surface area contributed by atoms with Gasteiger partial charge in [-0.2, -0.15) is 0 Å². The van der Waals surface area contributed by atoms with Gasteiger partial charge in [0.25, 0.3) is 0 Å². The zero-order valence-electron chi connectivity index (χ0n) is 13.9. The number of nitrogens with one attached hydrogen (secondary N) is 1. The van der Waals surface area contributed by atoms with Crippen molar-refractivity contribution < 1.29 is 23.1 Å². The van der Waals surface area contributed by atoms with Crippen LogP contribution in [-0.2, 0) is 25.8 Å². The van der Waals surface area contributed by atoms with E-state index in [1.807, 2.05) is 0 Å². The average molecular weight is 353 g/mol. The Hall–Kier alpha value is -1.89. The molecule has 0 unspecified atom stereocenters. The number of rotatable bonds is 7. The van der Waals surface area contributed by atoms with Gasteiger partial charge < -0.3 is 10.4 Å². The molecule has 1 aromatic rings. The van der Waals surface area contributed by atoms with Gasteiger partial charge in [-0.3, -0.25) is 9.59 Å². The molecule has 1 aliphatic rings. The van der Waals surface area contributed by atoms with Crippen molar-refractivity contribution in [2.24, 2.45) is 0 Å². The highest BCUT2D eigenvalue weighted by Crippen LogP contribution is 2.35. The van der Waals surface area contributed by atoms with Crippen molar-refractivity contribution >= 4 is 21.7 Å². The average Bonchev–Trinajstić information content (AvgIpc) is 2.44. The molecule has 24 heavy (non-hydrogen) atoms. The van der Waals surface area contributed by atoms with Crippen LogP contribution in [0.4, 0.5) is 0 Å². The smallest absolute Gasteiger partial charge is 0.305 e. The summed E-state index contributed by atoms with van der Waals surface area (Å²) in [7, 11) is -3.33. The summed E-state index contributed by atoms with van der Waals surface area (Å²) in [5.74, 6) is -1.16. The molecule has 7 heteroatoms. The minimum atomic E-state index is -3.33. The summed E-state index contributed by atoms with van der Waals surface area (Å²) in [5.41, 5.74) is 0.0733. The van der Waals surface area contributed by atoms with Crippen LogP contribution in [0.3, 0.4) is 0 Å². The van der Waals surface area contributed by atoms with Gasteiger partial charge in [-0.05, 0) is 50.8 Å². The van der Waals surface area contributed by atoms with Gasteiger partial charge in [0.2, 0.25) is 5.91 Å². The topological polar surface area (TPSA) is 101 Å². The van der Waals surface area contributed by atoms with Crippen molar-refractivity contribution in [3.63, 3.8) is 0 Å². The Morgan fingerprint density at radius 1 is 1.21 bits per heavy atom. The maximum absolute atomic E-state index is 12.2. The van der Waals surface area contributed by atoms with Crippen LogP contribution < -0.4 is 5.32 Å². The fourth-order valence-corrected chi connectivity index (χ4v) is 3.89. The highest BCUT2D eigenvalue weighted by molar-refractivity contribution is 7.92. The Balaban J connectivity index is 2.01. The van der Waals surface area contributed by atoms with Crippen LogP contribution in [0.1, 0.15) is 45.1 Å². The molecule has 0 bridgehead atoms. The molecule has 0 atom stereocenters. The van der Waals surface area contributed by atoms with Crippen molar-refractivity contribution in [3.8, 4) is 0 Å². The van der Waals surface area contributed by atoms with E-state index < -0.39 is 26.6 Å². The first-order valence-electron chi connectivity index (χ1n) is 8.00. The van der Waals surface area contributed by atoms with Gasteiger partial charge in [-0.15, -0.1) is 0 Å². The molecule has 0 heterocycles. The molecule has 0 aliphatic heterocycles. The zero-order chi connectivity index (χ0) is 18.0. The zero-order valence-corrected chi connectivity index (χ0v) is 14.7. The molecule has 0 spiro atoms. The van der Waals surface area contributed by atoms with Crippen LogP contribution in [-0.4, -0.2) is 36.2 Å². The molecule has 1 saturated carbocycles. The summed E-state index contributed by atoms with van der Waals surface area (Å²) in [6, 6.07) is 6.27. The Morgan fingerprint density at radius 3 is 2.21 bits per heavy atom. The predicted molar refractivity (Wildman–Crippen MR) is 89.4 cm³/mol. The number of carboxylic acids is 1. The first-order chi connectivity index (χ1) is 11.1. The number of hydrogen-bond acceptors (Lipinski definition) is 4. The third-order valence-corrected chi connectivity index (χ3v) is 6.61. The van der Waals surface area contributed by atoms with Gasteiger partial charge in [0.1, 0.15) is 0 Å². The Kier molecular flexibility index (Phi) is 5.32. The molecule has 1 amide bonds. The van der Waals surface area contributed by atoms with E-state index in [1.165, 1.54) is 12.1 Å². The molecule has 0 radical (unpaired) electrons. The van der Waals surface area contributed by atoms with E-state index in [2.05, 4.69) is 5.32 Å². The lowest BCUT2D eigenvalue weighted by Gasteiger charge is -2.41. The lowest BCUT2D eigenvalue weighted by atomic mass is 9.74. The summed E-state index contributed by atoms with van der Waals surface area (Å²) >= 11 is 0. The number of carbonyl (C=O) groups is 2. The van der Waals surface area contributed by atoms with E-state index in [-0.39, 0.29) is 23.6 Å². The van der Waals surface area contributed by atoms with Gasteiger partial charge in [0, 0.05) is 0 Å². The van der Waals surface area contributed by atoms with Crippen LogP contribution in [0.15, 0.2) is 29.2 Å². The van der Waals surface area contributed by atoms with Crippen LogP contribution >= 0.6 is 0 Å². The Morgan fingerprint density at radius 2 is 1.79 bits per heavy atom. The summed E-state index contributed by atoms with van der Waals surface area (Å²) in [5, 5.41) is 11.3. The second kappa shape index (κ2) is 6.93. The Labute approximate surface area is 142 Å². The molecular weight excluding hydrogens is 330 g/mol. The van der Waals surface area contributed by atoms with Crippen LogP contribution in [0.5, 0.6) is 0 Å². The van der Waals surface area contributed by atoms with Crippen molar-refractivity contribution in [2.75, 3.05) is 0 Å². The number of aliphatic carboxylic acids is 1. The van der Waals surface area contributed by atoms with E-state index in [0.717, 1.165) is 6.42 Å². The van der Waals surface area contributed by atoms with Crippen molar-refractivity contribution in [2.45, 2.75) is 61.6 Å². The lowest BCUT2D eigenvalue weighted by molar-refractivity contribution is -0.140. The van der Waals surface area contributed by atoms with E-state index in [4.69, 9.17) is 5.11 Å². The molecule has 1 aromatic carbocycles. The fourth-order valence-electron chi connectivity index (χ4n) is 2.83. The lowest BCUT2D eigenvalue weighted by Crippen LogP contribution is -2.55. The quantitative estimate of drug-likeness (QED) is 0.780. The summed E-state index contributed by atoms with van der Waals surface area (Å²) in [6.07, 6.45) is 2.30. The van der Waals surface area contributed by atoms with Crippen molar-refractivity contribution in [1.82, 2.24) is 5.32 Å². The second-order valence-electron chi connectivity index (χ2n) is 6.67. The molecule has 1 fully saturated rings. The van der Waals surface area contributed by atoms with Gasteiger partial charge in [-0.1, -0.05) is 12.1 Å². The number of carboxylic acid groups (broad SMARTS) is 1. The second-order valence-corrected chi connectivity index (χ2v) is 9.17. The molecule has 6 nitrogen and oxygen atoms in total. The van der Waals surface area contributed by atoms with Gasteiger partial charge >= 0.3 is 5.97 Å². The van der Waals surface area contributed by atoms with Crippen molar-refractivity contribution in [1.29, 1.82) is 0 Å². The highest BCUT2D eigenvalue weighted by atomic mass is 32.2. The van der Waals surface area contributed by atoms with Crippen molar-refractivity contribution in [3.05, 3.63) is 29.8 Å². The minimum Gasteiger partial charge on any atom is -0.481 e. The van der Waals surface area contributed by atoms with E-state index in [1.54, 1.807) is 26.0 Å². The fraction of sp³-hybridized carbons (Fsp3) is 0.529. The van der Waals surface area contributed by atoms with Crippen LogP contribution in [0.2, 0.25) is 0 Å². The van der Waals surface area contributed by atoms with Crippen LogP contribution in [0, 0.1) is 0 Å². The molecule has 132 valence electrons. The molecule has 1 aliphatic carbocycles. The number of hydrogen-bond donors (Lipinski definition) is 2. The van der Waals surface area contributed by atoms with E-state index >= 15 is 0 Å². The number of sulfone groups is 1. The van der Waals surface area contributed by atoms with Gasteiger partial charge in [0.15, 0.2) is 9.84 Å². The molecule has 0 aromatic heterocycles. The summed E-state index contributed by atoms with van der Waals surface area (Å²) in [4.78, 5) is 23.3. The minimum absolute atomic E-state index is 0.0652. The number of benzene rings is 1. The normalized spacial score (nSPS) is 16.5. The third kappa shape index (κ3) is 4.14. The monoisotopic (exact) mass is 353 g/mol. The largest absolute Gasteiger partial charge is 0.481 e. The Bertz CT molecular complexity index is 718. The van der Waals surface area contributed by atoms with E-state index in [0.29, 0.717) is 18.4 Å². The summed E-state index contributed by atoms with van der Waals surface area (Å²) < 4.78 is 24.1. The van der Waals surface area contributed by atoms with Gasteiger partial charge in [0.05, 0.1) is 28.5 Å².